The Morgan fingerprint density at radius 1 is 1.15 bits per heavy atom. The van der Waals surface area contributed by atoms with E-state index in [2.05, 4.69) is 24.0 Å². The summed E-state index contributed by atoms with van der Waals surface area (Å²) in [6.45, 7) is 3.29. The Morgan fingerprint density at radius 2 is 1.93 bits per heavy atom. The maximum Gasteiger partial charge on any atom is 0.260 e. The van der Waals surface area contributed by atoms with Gasteiger partial charge in [0.15, 0.2) is 5.13 Å². The molecule has 0 bridgehead atoms. The quantitative estimate of drug-likeness (QED) is 0.597. The third kappa shape index (κ3) is 5.03. The first-order chi connectivity index (χ1) is 12.5. The fourth-order valence-electron chi connectivity index (χ4n) is 2.65. The molecule has 1 amide bonds. The molecule has 0 aliphatic heterocycles. The molecule has 3 aromatic rings. The SMILES string of the molecule is CCc1ccc2nc(N(CCN(C)C)C(=O)c3cccc(F)c3)sc2c1.Cl. The fourth-order valence-corrected chi connectivity index (χ4v) is 3.71. The zero-order valence-corrected chi connectivity index (χ0v) is 17.2. The number of benzene rings is 2. The van der Waals surface area contributed by atoms with E-state index >= 15 is 0 Å². The smallest absolute Gasteiger partial charge is 0.260 e. The van der Waals surface area contributed by atoms with Crippen LogP contribution in [0.2, 0.25) is 0 Å². The third-order valence-electron chi connectivity index (χ3n) is 4.17. The molecule has 0 spiro atoms. The molecule has 0 radical (unpaired) electrons. The Hall–Kier alpha value is -2.02. The van der Waals surface area contributed by atoms with E-state index in [0.29, 0.717) is 23.8 Å². The highest BCUT2D eigenvalue weighted by molar-refractivity contribution is 7.22. The van der Waals surface area contributed by atoms with Gasteiger partial charge in [0.05, 0.1) is 10.2 Å². The summed E-state index contributed by atoms with van der Waals surface area (Å²) in [5.41, 5.74) is 2.45. The van der Waals surface area contributed by atoms with Gasteiger partial charge in [0.1, 0.15) is 5.82 Å². The molecule has 0 saturated carbocycles. The fraction of sp³-hybridized carbons (Fsp3) is 0.300. The minimum atomic E-state index is -0.416. The molecular formula is C20H23ClFN3OS. The second-order valence-corrected chi connectivity index (χ2v) is 7.43. The van der Waals surface area contributed by atoms with Crippen LogP contribution in [0.3, 0.4) is 0 Å². The van der Waals surface area contributed by atoms with Gasteiger partial charge in [-0.3, -0.25) is 9.69 Å². The number of carbonyl (C=O) groups excluding carboxylic acids is 1. The summed E-state index contributed by atoms with van der Waals surface area (Å²) < 4.78 is 14.6. The number of amides is 1. The summed E-state index contributed by atoms with van der Waals surface area (Å²) in [6, 6.07) is 12.0. The second-order valence-electron chi connectivity index (χ2n) is 6.42. The first-order valence-electron chi connectivity index (χ1n) is 8.59. The highest BCUT2D eigenvalue weighted by Gasteiger charge is 2.21. The number of carbonyl (C=O) groups is 1. The van der Waals surface area contributed by atoms with Crippen LogP contribution < -0.4 is 4.90 Å². The molecule has 0 N–H and O–H groups in total. The number of thiazole rings is 1. The van der Waals surface area contributed by atoms with E-state index in [1.807, 2.05) is 25.1 Å². The van der Waals surface area contributed by atoms with Crippen LogP contribution in [0.4, 0.5) is 9.52 Å². The molecule has 4 nitrogen and oxygen atoms in total. The normalized spacial score (nSPS) is 10.9. The number of likely N-dealkylation sites (N-methyl/N-ethyl adjacent to an activating group) is 1. The van der Waals surface area contributed by atoms with Gasteiger partial charge in [-0.2, -0.15) is 0 Å². The van der Waals surface area contributed by atoms with Crippen molar-refractivity contribution in [1.82, 2.24) is 9.88 Å². The molecule has 3 rings (SSSR count). The van der Waals surface area contributed by atoms with Crippen LogP contribution in [0.1, 0.15) is 22.8 Å². The Kier molecular flexibility index (Phi) is 7.30. The molecule has 0 atom stereocenters. The van der Waals surface area contributed by atoms with Crippen molar-refractivity contribution in [3.8, 4) is 0 Å². The molecule has 7 heteroatoms. The van der Waals surface area contributed by atoms with E-state index in [1.165, 1.54) is 29.0 Å². The van der Waals surface area contributed by atoms with Gasteiger partial charge in [-0.25, -0.2) is 9.37 Å². The number of fused-ring (bicyclic) bond motifs is 1. The molecule has 27 heavy (non-hydrogen) atoms. The molecule has 0 saturated heterocycles. The number of hydrogen-bond donors (Lipinski definition) is 0. The number of halogens is 2. The van der Waals surface area contributed by atoms with Crippen molar-refractivity contribution in [1.29, 1.82) is 0 Å². The summed E-state index contributed by atoms with van der Waals surface area (Å²) in [5.74, 6) is -0.651. The Bertz CT molecular complexity index is 928. The second kappa shape index (κ2) is 9.26. The lowest BCUT2D eigenvalue weighted by Crippen LogP contribution is -2.36. The molecule has 0 unspecified atom stereocenters. The summed E-state index contributed by atoms with van der Waals surface area (Å²) in [5, 5.41) is 0.643. The number of aryl methyl sites for hydroxylation is 1. The van der Waals surface area contributed by atoms with E-state index in [1.54, 1.807) is 17.0 Å². The maximum absolute atomic E-state index is 13.6. The summed E-state index contributed by atoms with van der Waals surface area (Å²) in [7, 11) is 3.91. The highest BCUT2D eigenvalue weighted by atomic mass is 35.5. The minimum absolute atomic E-state index is 0. The predicted octanol–water partition coefficient (Wildman–Crippen LogP) is 4.63. The molecule has 0 aliphatic carbocycles. The van der Waals surface area contributed by atoms with Gasteiger partial charge in [0, 0.05) is 18.7 Å². The number of hydrogen-bond acceptors (Lipinski definition) is 4. The van der Waals surface area contributed by atoms with Crippen molar-refractivity contribution < 1.29 is 9.18 Å². The molecule has 0 fully saturated rings. The lowest BCUT2D eigenvalue weighted by atomic mass is 10.2. The van der Waals surface area contributed by atoms with Gasteiger partial charge in [0.25, 0.3) is 5.91 Å². The van der Waals surface area contributed by atoms with Gasteiger partial charge in [-0.1, -0.05) is 30.4 Å². The van der Waals surface area contributed by atoms with E-state index in [-0.39, 0.29) is 18.3 Å². The number of rotatable bonds is 6. The van der Waals surface area contributed by atoms with E-state index in [0.717, 1.165) is 16.6 Å². The molecule has 144 valence electrons. The van der Waals surface area contributed by atoms with E-state index in [4.69, 9.17) is 0 Å². The first kappa shape index (κ1) is 21.3. The average molecular weight is 408 g/mol. The zero-order chi connectivity index (χ0) is 18.7. The molecular weight excluding hydrogens is 385 g/mol. The van der Waals surface area contributed by atoms with Crippen LogP contribution >= 0.6 is 23.7 Å². The van der Waals surface area contributed by atoms with Gasteiger partial charge in [0.2, 0.25) is 0 Å². The van der Waals surface area contributed by atoms with Crippen LogP contribution in [0.5, 0.6) is 0 Å². The number of aromatic nitrogens is 1. The lowest BCUT2D eigenvalue weighted by Gasteiger charge is -2.22. The monoisotopic (exact) mass is 407 g/mol. The average Bonchev–Trinajstić information content (AvgIpc) is 3.04. The van der Waals surface area contributed by atoms with Crippen molar-refractivity contribution >= 4 is 45.0 Å². The third-order valence-corrected chi connectivity index (χ3v) is 5.21. The van der Waals surface area contributed by atoms with Crippen LogP contribution in [-0.4, -0.2) is 43.0 Å². The molecule has 1 aromatic heterocycles. The Labute approximate surface area is 169 Å². The van der Waals surface area contributed by atoms with Gasteiger partial charge >= 0.3 is 0 Å². The first-order valence-corrected chi connectivity index (χ1v) is 9.41. The maximum atomic E-state index is 13.6. The van der Waals surface area contributed by atoms with Crippen molar-refractivity contribution in [2.45, 2.75) is 13.3 Å². The van der Waals surface area contributed by atoms with Crippen molar-refractivity contribution in [3.05, 3.63) is 59.4 Å². The van der Waals surface area contributed by atoms with Gasteiger partial charge < -0.3 is 4.90 Å². The summed E-state index contributed by atoms with van der Waals surface area (Å²) in [6.07, 6.45) is 0.954. The van der Waals surface area contributed by atoms with Gasteiger partial charge in [-0.15, -0.1) is 12.4 Å². The van der Waals surface area contributed by atoms with Gasteiger partial charge in [-0.05, 0) is 56.4 Å². The number of nitrogens with zero attached hydrogens (tertiary/aromatic N) is 3. The molecule has 2 aromatic carbocycles. The molecule has 0 aliphatic rings. The topological polar surface area (TPSA) is 36.4 Å². The summed E-state index contributed by atoms with van der Waals surface area (Å²) in [4.78, 5) is 21.3. The predicted molar refractivity (Wildman–Crippen MR) is 113 cm³/mol. The van der Waals surface area contributed by atoms with E-state index < -0.39 is 5.82 Å². The Balaban J connectivity index is 0.00000261. The Morgan fingerprint density at radius 3 is 2.59 bits per heavy atom. The van der Waals surface area contributed by atoms with Crippen LogP contribution in [0, 0.1) is 5.82 Å². The minimum Gasteiger partial charge on any atom is -0.308 e. The summed E-state index contributed by atoms with van der Waals surface area (Å²) >= 11 is 1.50. The lowest BCUT2D eigenvalue weighted by molar-refractivity contribution is 0.0985. The van der Waals surface area contributed by atoms with E-state index in [9.17, 15) is 9.18 Å². The largest absolute Gasteiger partial charge is 0.308 e. The standard InChI is InChI=1S/C20H22FN3OS.ClH/c1-4-14-8-9-17-18(12-14)26-20(22-17)24(11-10-23(2)3)19(25)15-6-5-7-16(21)13-15;/h5-9,12-13H,4,10-11H2,1-3H3;1H. The van der Waals surface area contributed by atoms with Crippen LogP contribution in [-0.2, 0) is 6.42 Å². The van der Waals surface area contributed by atoms with Crippen molar-refractivity contribution in [2.75, 3.05) is 32.1 Å². The van der Waals surface area contributed by atoms with Crippen LogP contribution in [0.25, 0.3) is 10.2 Å². The number of anilines is 1. The van der Waals surface area contributed by atoms with Crippen molar-refractivity contribution in [2.24, 2.45) is 0 Å². The zero-order valence-electron chi connectivity index (χ0n) is 15.6. The highest BCUT2D eigenvalue weighted by Crippen LogP contribution is 2.30. The molecule has 1 heterocycles. The van der Waals surface area contributed by atoms with Crippen LogP contribution in [0.15, 0.2) is 42.5 Å². The van der Waals surface area contributed by atoms with Crippen molar-refractivity contribution in [3.63, 3.8) is 0 Å².